The van der Waals surface area contributed by atoms with Crippen molar-refractivity contribution in [1.29, 1.82) is 0 Å². The molecule has 0 aromatic heterocycles. The van der Waals surface area contributed by atoms with Crippen LogP contribution in [0, 0.1) is 0 Å². The van der Waals surface area contributed by atoms with Gasteiger partial charge in [-0.15, -0.1) is 0 Å². The van der Waals surface area contributed by atoms with Crippen LogP contribution in [-0.4, -0.2) is 20.4 Å². The summed E-state index contributed by atoms with van der Waals surface area (Å²) >= 11 is 0. The molecule has 7 heteroatoms. The van der Waals surface area contributed by atoms with Crippen molar-refractivity contribution in [2.45, 2.75) is 24.4 Å². The van der Waals surface area contributed by atoms with Gasteiger partial charge >= 0.3 is 0 Å². The van der Waals surface area contributed by atoms with Crippen molar-refractivity contribution in [3.63, 3.8) is 0 Å². The second-order valence-electron chi connectivity index (χ2n) is 3.70. The molecular weight excluding hydrogens is 242 g/mol. The number of amides is 1. The molecule has 0 radical (unpaired) electrons. The third-order valence-corrected chi connectivity index (χ3v) is 3.06. The first-order chi connectivity index (χ1) is 7.80. The summed E-state index contributed by atoms with van der Waals surface area (Å²) in [4.78, 5) is 11.2. The molecular formula is C10H15N3O3S. The quantitative estimate of drug-likeness (QED) is 0.661. The Morgan fingerprint density at radius 2 is 1.88 bits per heavy atom. The number of hydrogen-bond acceptors (Lipinski definition) is 4. The Hall–Kier alpha value is -1.44. The predicted octanol–water partition coefficient (Wildman–Crippen LogP) is -0.703. The molecule has 0 saturated carbocycles. The fourth-order valence-corrected chi connectivity index (χ4v) is 1.66. The topological polar surface area (TPSA) is 115 Å². The van der Waals surface area contributed by atoms with Crippen molar-refractivity contribution in [1.82, 2.24) is 5.32 Å². The summed E-state index contributed by atoms with van der Waals surface area (Å²) in [5.74, 6) is -0.263. The first-order valence-electron chi connectivity index (χ1n) is 4.96. The fourth-order valence-electron chi connectivity index (χ4n) is 1.15. The minimum atomic E-state index is -3.67. The number of primary sulfonamides is 1. The van der Waals surface area contributed by atoms with E-state index in [1.807, 2.05) is 0 Å². The molecule has 1 aromatic carbocycles. The molecule has 0 spiro atoms. The lowest BCUT2D eigenvalue weighted by Crippen LogP contribution is -2.37. The van der Waals surface area contributed by atoms with Crippen molar-refractivity contribution in [3.8, 4) is 0 Å². The molecule has 1 aromatic rings. The molecule has 0 bridgehead atoms. The molecule has 1 rings (SSSR count). The highest BCUT2D eigenvalue weighted by Gasteiger charge is 2.08. The average molecular weight is 257 g/mol. The first kappa shape index (κ1) is 13.6. The highest BCUT2D eigenvalue weighted by molar-refractivity contribution is 7.89. The minimum absolute atomic E-state index is 0.0415. The Morgan fingerprint density at radius 1 is 1.35 bits per heavy atom. The van der Waals surface area contributed by atoms with Gasteiger partial charge in [-0.3, -0.25) is 4.79 Å². The van der Waals surface area contributed by atoms with Crippen molar-refractivity contribution in [3.05, 3.63) is 29.8 Å². The third-order valence-electron chi connectivity index (χ3n) is 2.13. The van der Waals surface area contributed by atoms with Gasteiger partial charge in [0.1, 0.15) is 0 Å². The van der Waals surface area contributed by atoms with Gasteiger partial charge in [-0.2, -0.15) is 0 Å². The van der Waals surface area contributed by atoms with Gasteiger partial charge in [0.15, 0.2) is 0 Å². The van der Waals surface area contributed by atoms with Crippen molar-refractivity contribution in [2.75, 3.05) is 0 Å². The Bertz CT molecular complexity index is 494. The molecule has 0 fully saturated rings. The summed E-state index contributed by atoms with van der Waals surface area (Å²) in [7, 11) is -3.67. The van der Waals surface area contributed by atoms with Crippen molar-refractivity contribution < 1.29 is 13.2 Å². The molecule has 0 saturated heterocycles. The minimum Gasteiger partial charge on any atom is -0.351 e. The Kier molecular flexibility index (Phi) is 4.22. The highest BCUT2D eigenvalue weighted by atomic mass is 32.2. The first-order valence-corrected chi connectivity index (χ1v) is 6.50. The number of carbonyl (C=O) groups is 1. The van der Waals surface area contributed by atoms with Crippen LogP contribution in [0.5, 0.6) is 0 Å². The van der Waals surface area contributed by atoms with Crippen molar-refractivity contribution in [2.24, 2.45) is 10.9 Å². The molecule has 0 aliphatic carbocycles. The van der Waals surface area contributed by atoms with Gasteiger partial charge in [0.2, 0.25) is 15.9 Å². The van der Waals surface area contributed by atoms with E-state index in [1.165, 1.54) is 12.1 Å². The van der Waals surface area contributed by atoms with Gasteiger partial charge in [-0.1, -0.05) is 12.1 Å². The summed E-state index contributed by atoms with van der Waals surface area (Å²) in [6.45, 7) is 1.88. The lowest BCUT2D eigenvalue weighted by molar-refractivity contribution is -0.122. The Labute approximate surface area is 100 Å². The number of rotatable bonds is 4. The number of carbonyl (C=O) groups excluding carboxylic acids is 1. The van der Waals surface area contributed by atoms with E-state index in [9.17, 15) is 13.2 Å². The average Bonchev–Trinajstić information content (AvgIpc) is 2.25. The van der Waals surface area contributed by atoms with Crippen LogP contribution in [0.3, 0.4) is 0 Å². The molecule has 5 N–H and O–H groups in total. The second kappa shape index (κ2) is 5.26. The van der Waals surface area contributed by atoms with E-state index in [1.54, 1.807) is 19.1 Å². The molecule has 17 heavy (non-hydrogen) atoms. The zero-order valence-electron chi connectivity index (χ0n) is 9.38. The van der Waals surface area contributed by atoms with E-state index in [4.69, 9.17) is 10.9 Å². The van der Waals surface area contributed by atoms with E-state index in [2.05, 4.69) is 5.32 Å². The molecule has 0 heterocycles. The maximum Gasteiger partial charge on any atom is 0.238 e. The SMILES string of the molecule is C[C@H](N)C(=O)NCc1ccc(S(N)(=O)=O)cc1. The molecule has 94 valence electrons. The molecule has 6 nitrogen and oxygen atoms in total. The normalized spacial score (nSPS) is 13.1. The second-order valence-corrected chi connectivity index (χ2v) is 5.26. The Balaban J connectivity index is 2.67. The van der Waals surface area contributed by atoms with Gasteiger partial charge in [-0.25, -0.2) is 13.6 Å². The highest BCUT2D eigenvalue weighted by Crippen LogP contribution is 2.08. The number of sulfonamides is 1. The van der Waals surface area contributed by atoms with Crippen LogP contribution in [0.4, 0.5) is 0 Å². The van der Waals surface area contributed by atoms with Crippen LogP contribution in [-0.2, 0) is 21.4 Å². The van der Waals surface area contributed by atoms with Gasteiger partial charge < -0.3 is 11.1 Å². The summed E-state index contributed by atoms with van der Waals surface area (Å²) < 4.78 is 22.0. The molecule has 1 atom stereocenters. The van der Waals surface area contributed by atoms with E-state index < -0.39 is 16.1 Å². The third kappa shape index (κ3) is 4.14. The summed E-state index contributed by atoms with van der Waals surface area (Å²) in [5.41, 5.74) is 6.14. The number of hydrogen-bond donors (Lipinski definition) is 3. The fraction of sp³-hybridized carbons (Fsp3) is 0.300. The van der Waals surface area contributed by atoms with Gasteiger partial charge in [-0.05, 0) is 24.6 Å². The van der Waals surface area contributed by atoms with Crippen LogP contribution in [0.25, 0.3) is 0 Å². The van der Waals surface area contributed by atoms with E-state index in [0.717, 1.165) is 5.56 Å². The largest absolute Gasteiger partial charge is 0.351 e. The van der Waals surface area contributed by atoms with Crippen LogP contribution >= 0.6 is 0 Å². The molecule has 1 amide bonds. The molecule has 0 aliphatic heterocycles. The molecule has 0 unspecified atom stereocenters. The van der Waals surface area contributed by atoms with E-state index >= 15 is 0 Å². The monoisotopic (exact) mass is 257 g/mol. The lowest BCUT2D eigenvalue weighted by Gasteiger charge is -2.08. The van der Waals surface area contributed by atoms with Crippen molar-refractivity contribution >= 4 is 15.9 Å². The molecule has 0 aliphatic rings. The Morgan fingerprint density at radius 3 is 2.29 bits per heavy atom. The zero-order valence-corrected chi connectivity index (χ0v) is 10.2. The number of nitrogens with one attached hydrogen (secondary N) is 1. The van der Waals surface area contributed by atoms with E-state index in [0.29, 0.717) is 6.54 Å². The summed E-state index contributed by atoms with van der Waals surface area (Å²) in [5, 5.41) is 7.57. The van der Waals surface area contributed by atoms with Crippen LogP contribution in [0.1, 0.15) is 12.5 Å². The van der Waals surface area contributed by atoms with Crippen LogP contribution in [0.15, 0.2) is 29.2 Å². The standard InChI is InChI=1S/C10H15N3O3S/c1-7(11)10(14)13-6-8-2-4-9(5-3-8)17(12,15)16/h2-5,7H,6,11H2,1H3,(H,13,14)(H2,12,15,16)/t7-/m0/s1. The lowest BCUT2D eigenvalue weighted by atomic mass is 10.2. The van der Waals surface area contributed by atoms with E-state index in [-0.39, 0.29) is 10.8 Å². The van der Waals surface area contributed by atoms with Gasteiger partial charge in [0.05, 0.1) is 10.9 Å². The van der Waals surface area contributed by atoms with Crippen LogP contribution in [0.2, 0.25) is 0 Å². The summed E-state index contributed by atoms with van der Waals surface area (Å²) in [6.07, 6.45) is 0. The van der Waals surface area contributed by atoms with Gasteiger partial charge in [0.25, 0.3) is 0 Å². The zero-order chi connectivity index (χ0) is 13.1. The maximum absolute atomic E-state index is 11.2. The smallest absolute Gasteiger partial charge is 0.238 e. The van der Waals surface area contributed by atoms with Crippen LogP contribution < -0.4 is 16.2 Å². The number of benzene rings is 1. The van der Waals surface area contributed by atoms with Gasteiger partial charge in [0, 0.05) is 6.54 Å². The maximum atomic E-state index is 11.2. The predicted molar refractivity (Wildman–Crippen MR) is 63.3 cm³/mol. The number of nitrogens with two attached hydrogens (primary N) is 2. The summed E-state index contributed by atoms with van der Waals surface area (Å²) in [6, 6.07) is 5.38.